The Kier molecular flexibility index (Phi) is 8.79. The quantitative estimate of drug-likeness (QED) is 0.239. The SMILES string of the molecule is COc1cc(O)c(C(=O)c2ccccc2)c(OC)c1.COc1ccc(-c2coc3c(OC)c(O)ccc3c2=O)cc1. The van der Waals surface area contributed by atoms with Gasteiger partial charge in [-0.1, -0.05) is 42.5 Å². The summed E-state index contributed by atoms with van der Waals surface area (Å²) in [6.07, 6.45) is 1.37. The smallest absolute Gasteiger partial charge is 0.204 e. The fraction of sp³-hybridized carbons (Fsp3) is 0.125. The van der Waals surface area contributed by atoms with Crippen molar-refractivity contribution in [1.29, 1.82) is 0 Å². The summed E-state index contributed by atoms with van der Waals surface area (Å²) in [5, 5.41) is 20.1. The number of rotatable bonds is 7. The summed E-state index contributed by atoms with van der Waals surface area (Å²) in [4.78, 5) is 25.0. The first-order chi connectivity index (χ1) is 19.8. The first kappa shape index (κ1) is 28.6. The van der Waals surface area contributed by atoms with E-state index in [4.69, 9.17) is 23.4 Å². The zero-order valence-corrected chi connectivity index (χ0v) is 22.8. The molecule has 0 aliphatic heterocycles. The second-order valence-corrected chi connectivity index (χ2v) is 8.62. The number of ether oxygens (including phenoxy) is 4. The number of benzene rings is 4. The molecule has 1 aromatic heterocycles. The Labute approximate surface area is 235 Å². The molecule has 0 saturated heterocycles. The van der Waals surface area contributed by atoms with Gasteiger partial charge in [0.2, 0.25) is 17.0 Å². The van der Waals surface area contributed by atoms with Gasteiger partial charge in [0.1, 0.15) is 34.8 Å². The van der Waals surface area contributed by atoms with Crippen molar-refractivity contribution in [2.45, 2.75) is 0 Å². The van der Waals surface area contributed by atoms with E-state index in [1.54, 1.807) is 61.7 Å². The molecule has 0 aliphatic carbocycles. The molecule has 2 N–H and O–H groups in total. The minimum atomic E-state index is -0.294. The molecule has 5 rings (SSSR count). The van der Waals surface area contributed by atoms with E-state index < -0.39 is 0 Å². The maximum atomic E-state index is 12.6. The van der Waals surface area contributed by atoms with E-state index in [9.17, 15) is 19.8 Å². The molecule has 0 atom stereocenters. The maximum Gasteiger partial charge on any atom is 0.204 e. The van der Waals surface area contributed by atoms with Gasteiger partial charge in [0, 0.05) is 17.7 Å². The van der Waals surface area contributed by atoms with E-state index in [0.717, 1.165) is 5.56 Å². The molecule has 9 heteroatoms. The van der Waals surface area contributed by atoms with Gasteiger partial charge in [-0.05, 0) is 29.8 Å². The van der Waals surface area contributed by atoms with E-state index >= 15 is 0 Å². The third-order valence-corrected chi connectivity index (χ3v) is 6.25. The van der Waals surface area contributed by atoms with Crippen molar-refractivity contribution in [2.24, 2.45) is 0 Å². The van der Waals surface area contributed by atoms with Gasteiger partial charge in [-0.25, -0.2) is 0 Å². The third kappa shape index (κ3) is 5.94. The number of aromatic hydroxyl groups is 2. The van der Waals surface area contributed by atoms with E-state index in [0.29, 0.717) is 28.0 Å². The number of hydrogen-bond acceptors (Lipinski definition) is 9. The van der Waals surface area contributed by atoms with Crippen LogP contribution in [-0.4, -0.2) is 44.4 Å². The Morgan fingerprint density at radius 3 is 2.02 bits per heavy atom. The number of ketones is 1. The number of methoxy groups -OCH3 is 4. The fourth-order valence-electron chi connectivity index (χ4n) is 4.15. The molecule has 41 heavy (non-hydrogen) atoms. The van der Waals surface area contributed by atoms with Crippen LogP contribution in [0.5, 0.6) is 34.5 Å². The monoisotopic (exact) mass is 556 g/mol. The molecule has 0 aliphatic rings. The average molecular weight is 557 g/mol. The van der Waals surface area contributed by atoms with Crippen molar-refractivity contribution in [3.63, 3.8) is 0 Å². The van der Waals surface area contributed by atoms with Gasteiger partial charge in [0.15, 0.2) is 11.3 Å². The van der Waals surface area contributed by atoms with Crippen LogP contribution in [-0.2, 0) is 0 Å². The molecular weight excluding hydrogens is 528 g/mol. The van der Waals surface area contributed by atoms with Crippen molar-refractivity contribution in [1.82, 2.24) is 0 Å². The topological polar surface area (TPSA) is 125 Å². The summed E-state index contributed by atoms with van der Waals surface area (Å²) in [5.74, 6) is 1.04. The van der Waals surface area contributed by atoms with Crippen molar-refractivity contribution < 1.29 is 38.4 Å². The van der Waals surface area contributed by atoms with Gasteiger partial charge < -0.3 is 33.6 Å². The molecule has 0 spiro atoms. The van der Waals surface area contributed by atoms with Gasteiger partial charge in [-0.2, -0.15) is 0 Å². The van der Waals surface area contributed by atoms with Gasteiger partial charge in [0.25, 0.3) is 0 Å². The molecule has 0 radical (unpaired) electrons. The number of fused-ring (bicyclic) bond motifs is 1. The van der Waals surface area contributed by atoms with Crippen molar-refractivity contribution in [3.8, 4) is 45.6 Å². The van der Waals surface area contributed by atoms with E-state index in [1.165, 1.54) is 45.8 Å². The standard InChI is InChI=1S/C17H14O5.C15H14O4/c1-20-11-5-3-10(4-6-11)13-9-22-16-12(15(13)19)7-8-14(18)17(16)21-2;1-18-11-8-12(16)14(13(9-11)19-2)15(17)10-6-4-3-5-7-10/h3-9,18H,1-2H3;3-9,16H,1-2H3. The Morgan fingerprint density at radius 2 is 1.41 bits per heavy atom. The maximum absolute atomic E-state index is 12.6. The van der Waals surface area contributed by atoms with Crippen molar-refractivity contribution in [2.75, 3.05) is 28.4 Å². The van der Waals surface area contributed by atoms with E-state index in [-0.39, 0.29) is 45.4 Å². The van der Waals surface area contributed by atoms with Gasteiger partial charge in [-0.15, -0.1) is 0 Å². The predicted octanol–water partition coefficient (Wildman–Crippen LogP) is 5.82. The lowest BCUT2D eigenvalue weighted by Gasteiger charge is -2.11. The lowest BCUT2D eigenvalue weighted by molar-refractivity contribution is 0.103. The molecule has 0 amide bonds. The molecule has 9 nitrogen and oxygen atoms in total. The summed E-state index contributed by atoms with van der Waals surface area (Å²) < 4.78 is 25.9. The van der Waals surface area contributed by atoms with Crippen LogP contribution in [0.3, 0.4) is 0 Å². The molecule has 0 fully saturated rings. The fourth-order valence-corrected chi connectivity index (χ4v) is 4.15. The van der Waals surface area contributed by atoms with Crippen LogP contribution < -0.4 is 24.4 Å². The first-order valence-corrected chi connectivity index (χ1v) is 12.3. The highest BCUT2D eigenvalue weighted by Gasteiger charge is 2.20. The van der Waals surface area contributed by atoms with E-state index in [2.05, 4.69) is 0 Å². The van der Waals surface area contributed by atoms with Gasteiger partial charge in [-0.3, -0.25) is 9.59 Å². The molecular formula is C32H28O9. The molecule has 1 heterocycles. The number of hydrogen-bond donors (Lipinski definition) is 2. The van der Waals surface area contributed by atoms with Crippen molar-refractivity contribution >= 4 is 16.8 Å². The van der Waals surface area contributed by atoms with Crippen LogP contribution in [0.2, 0.25) is 0 Å². The lowest BCUT2D eigenvalue weighted by atomic mass is 10.0. The second-order valence-electron chi connectivity index (χ2n) is 8.62. The van der Waals surface area contributed by atoms with Gasteiger partial charge >= 0.3 is 0 Å². The number of phenolic OH excluding ortho intramolecular Hbond substituents is 2. The van der Waals surface area contributed by atoms with Crippen LogP contribution in [0.25, 0.3) is 22.1 Å². The largest absolute Gasteiger partial charge is 0.507 e. The summed E-state index contributed by atoms with van der Waals surface area (Å²) in [6, 6.07) is 21.7. The average Bonchev–Trinajstić information content (AvgIpc) is 3.01. The molecule has 4 aromatic carbocycles. The zero-order valence-electron chi connectivity index (χ0n) is 22.8. The van der Waals surface area contributed by atoms with Gasteiger partial charge in [0.05, 0.1) is 39.4 Å². The minimum Gasteiger partial charge on any atom is -0.507 e. The summed E-state index contributed by atoms with van der Waals surface area (Å²) >= 11 is 0. The first-order valence-electron chi connectivity index (χ1n) is 12.3. The van der Waals surface area contributed by atoms with E-state index in [1.807, 2.05) is 6.07 Å². The highest BCUT2D eigenvalue weighted by Crippen LogP contribution is 2.35. The molecule has 0 bridgehead atoms. The van der Waals surface area contributed by atoms with Crippen LogP contribution in [0, 0.1) is 0 Å². The normalized spacial score (nSPS) is 10.3. The molecule has 0 unspecified atom stereocenters. The van der Waals surface area contributed by atoms with Crippen LogP contribution in [0.15, 0.2) is 94.3 Å². The predicted molar refractivity (Wildman–Crippen MR) is 154 cm³/mol. The molecule has 0 saturated carbocycles. The highest BCUT2D eigenvalue weighted by molar-refractivity contribution is 6.12. The summed E-state index contributed by atoms with van der Waals surface area (Å²) in [5.41, 5.74) is 1.82. The Balaban J connectivity index is 0.000000191. The molecule has 5 aromatic rings. The number of carbonyl (C=O) groups is 1. The molecule has 210 valence electrons. The van der Waals surface area contributed by atoms with Crippen LogP contribution >= 0.6 is 0 Å². The Hall–Kier alpha value is -5.44. The Morgan fingerprint density at radius 1 is 0.732 bits per heavy atom. The third-order valence-electron chi connectivity index (χ3n) is 6.25. The second kappa shape index (κ2) is 12.6. The summed E-state index contributed by atoms with van der Waals surface area (Å²) in [7, 11) is 5.91. The number of carbonyl (C=O) groups excluding carboxylic acids is 1. The minimum absolute atomic E-state index is 0.0738. The highest BCUT2D eigenvalue weighted by atomic mass is 16.5. The lowest BCUT2D eigenvalue weighted by Crippen LogP contribution is -2.05. The zero-order chi connectivity index (χ0) is 29.5. The van der Waals surface area contributed by atoms with Crippen molar-refractivity contribution in [3.05, 3.63) is 106 Å². The van der Waals surface area contributed by atoms with Crippen LogP contribution in [0.1, 0.15) is 15.9 Å². The number of phenols is 2. The summed E-state index contributed by atoms with van der Waals surface area (Å²) in [6.45, 7) is 0. The van der Waals surface area contributed by atoms with Crippen LogP contribution in [0.4, 0.5) is 0 Å². The Bertz CT molecular complexity index is 1720.